The lowest BCUT2D eigenvalue weighted by Crippen LogP contribution is -2.33. The molecule has 0 aliphatic carbocycles. The van der Waals surface area contributed by atoms with E-state index in [4.69, 9.17) is 0 Å². The Labute approximate surface area is 149 Å². The van der Waals surface area contributed by atoms with Crippen LogP contribution in [0.4, 0.5) is 0 Å². The number of carbonyl (C=O) groups is 1. The summed E-state index contributed by atoms with van der Waals surface area (Å²) in [4.78, 5) is 16.4. The Hall–Kier alpha value is -1.29. The molecule has 24 heavy (non-hydrogen) atoms. The van der Waals surface area contributed by atoms with Crippen molar-refractivity contribution < 1.29 is 18.3 Å². The molecule has 132 valence electrons. The molecule has 2 N–H and O–H groups in total. The van der Waals surface area contributed by atoms with Gasteiger partial charge in [0.25, 0.3) is 0 Å². The summed E-state index contributed by atoms with van der Waals surface area (Å²) in [5.74, 6) is -1.55. The van der Waals surface area contributed by atoms with Gasteiger partial charge in [0, 0.05) is 11.9 Å². The van der Waals surface area contributed by atoms with E-state index in [1.54, 1.807) is 6.07 Å². The molecule has 0 saturated heterocycles. The van der Waals surface area contributed by atoms with Crippen LogP contribution in [0, 0.1) is 18.8 Å². The summed E-state index contributed by atoms with van der Waals surface area (Å²) in [7, 11) is -3.72. The fraction of sp³-hybridized carbons (Fsp3) is 0.467. The van der Waals surface area contributed by atoms with Crippen molar-refractivity contribution in [3.63, 3.8) is 0 Å². The number of rotatable bonds is 8. The summed E-state index contributed by atoms with van der Waals surface area (Å²) in [5.41, 5.74) is 0.757. The van der Waals surface area contributed by atoms with Gasteiger partial charge in [-0.2, -0.15) is 0 Å². The minimum absolute atomic E-state index is 0.112. The van der Waals surface area contributed by atoms with E-state index in [9.17, 15) is 18.3 Å². The number of carboxylic acids is 1. The van der Waals surface area contributed by atoms with Crippen LogP contribution in [0.2, 0.25) is 0 Å². The van der Waals surface area contributed by atoms with E-state index in [-0.39, 0.29) is 16.7 Å². The van der Waals surface area contributed by atoms with Crippen molar-refractivity contribution in [1.29, 1.82) is 0 Å². The third-order valence-corrected chi connectivity index (χ3v) is 7.14. The number of nitrogens with zero attached hydrogens (tertiary/aromatic N) is 1. The van der Waals surface area contributed by atoms with Crippen LogP contribution in [-0.4, -0.2) is 31.0 Å². The molecule has 0 aliphatic rings. The Kier molecular flexibility index (Phi) is 6.13. The third-order valence-electron chi connectivity index (χ3n) is 3.34. The van der Waals surface area contributed by atoms with Gasteiger partial charge < -0.3 is 5.11 Å². The van der Waals surface area contributed by atoms with Crippen LogP contribution in [0.5, 0.6) is 0 Å². The highest BCUT2D eigenvalue weighted by Crippen LogP contribution is 2.31. The van der Waals surface area contributed by atoms with E-state index < -0.39 is 21.9 Å². The monoisotopic (exact) mass is 388 g/mol. The van der Waals surface area contributed by atoms with E-state index in [0.29, 0.717) is 6.42 Å². The summed E-state index contributed by atoms with van der Waals surface area (Å²) in [6.45, 7) is 5.60. The van der Waals surface area contributed by atoms with Crippen LogP contribution in [0.3, 0.4) is 0 Å². The van der Waals surface area contributed by atoms with Gasteiger partial charge in [-0.25, -0.2) is 18.1 Å². The van der Waals surface area contributed by atoms with Gasteiger partial charge in [-0.3, -0.25) is 4.79 Å². The maximum Gasteiger partial charge on any atom is 0.307 e. The van der Waals surface area contributed by atoms with E-state index >= 15 is 0 Å². The van der Waals surface area contributed by atoms with Crippen LogP contribution < -0.4 is 4.72 Å². The van der Waals surface area contributed by atoms with Gasteiger partial charge in [0.05, 0.1) is 21.5 Å². The van der Waals surface area contributed by atoms with Gasteiger partial charge >= 0.3 is 5.97 Å². The summed E-state index contributed by atoms with van der Waals surface area (Å²) in [6.07, 6.45) is 0.422. The number of aliphatic carboxylic acids is 1. The first-order chi connectivity index (χ1) is 11.2. The van der Waals surface area contributed by atoms with Crippen molar-refractivity contribution in [2.75, 3.05) is 6.54 Å². The van der Waals surface area contributed by atoms with Crippen LogP contribution >= 0.6 is 22.7 Å². The van der Waals surface area contributed by atoms with Gasteiger partial charge in [-0.1, -0.05) is 13.8 Å². The average Bonchev–Trinajstić information content (AvgIpc) is 3.11. The van der Waals surface area contributed by atoms with Gasteiger partial charge in [-0.15, -0.1) is 22.7 Å². The van der Waals surface area contributed by atoms with E-state index in [2.05, 4.69) is 9.71 Å². The lowest BCUT2D eigenvalue weighted by Gasteiger charge is -2.15. The highest BCUT2D eigenvalue weighted by Gasteiger charge is 2.24. The normalized spacial score (nSPS) is 13.3. The average molecular weight is 389 g/mol. The highest BCUT2D eigenvalue weighted by atomic mass is 32.2. The molecule has 0 radical (unpaired) electrons. The molecule has 0 aliphatic heterocycles. The molecular formula is C15H20N2O4S3. The molecule has 1 atom stereocenters. The lowest BCUT2D eigenvalue weighted by atomic mass is 9.98. The zero-order valence-corrected chi connectivity index (χ0v) is 16.1. The number of hydrogen-bond acceptors (Lipinski definition) is 6. The molecule has 0 bridgehead atoms. The molecule has 6 nitrogen and oxygen atoms in total. The van der Waals surface area contributed by atoms with Gasteiger partial charge in [0.2, 0.25) is 10.0 Å². The molecule has 2 aromatic rings. The van der Waals surface area contributed by atoms with Crippen molar-refractivity contribution >= 4 is 38.7 Å². The second kappa shape index (κ2) is 7.73. The van der Waals surface area contributed by atoms with E-state index in [1.165, 1.54) is 17.4 Å². The number of nitrogens with one attached hydrogen (secondary N) is 1. The molecule has 0 aromatic carbocycles. The fourth-order valence-electron chi connectivity index (χ4n) is 2.20. The summed E-state index contributed by atoms with van der Waals surface area (Å²) >= 11 is 2.63. The first-order valence-corrected chi connectivity index (χ1v) is 10.6. The molecular weight excluding hydrogens is 368 g/mol. The Balaban J connectivity index is 2.10. The Bertz CT molecular complexity index is 808. The van der Waals surface area contributed by atoms with E-state index in [1.807, 2.05) is 26.2 Å². The number of carboxylic acid groups (broad SMARTS) is 1. The SMILES string of the molecule is Cc1nc(-c2ccc(S(=O)(=O)NCC(CC(C)C)C(=O)O)s2)cs1. The topological polar surface area (TPSA) is 96.4 Å². The zero-order valence-electron chi connectivity index (χ0n) is 13.6. The Morgan fingerprint density at radius 2 is 2.08 bits per heavy atom. The number of aromatic nitrogens is 1. The van der Waals surface area contributed by atoms with Gasteiger partial charge in [0.1, 0.15) is 4.21 Å². The van der Waals surface area contributed by atoms with Crippen molar-refractivity contribution in [2.24, 2.45) is 11.8 Å². The Morgan fingerprint density at radius 3 is 2.62 bits per heavy atom. The highest BCUT2D eigenvalue weighted by molar-refractivity contribution is 7.91. The van der Waals surface area contributed by atoms with E-state index in [0.717, 1.165) is 26.9 Å². The first-order valence-electron chi connectivity index (χ1n) is 7.44. The molecule has 0 amide bonds. The maximum absolute atomic E-state index is 12.4. The maximum atomic E-state index is 12.4. The molecule has 0 spiro atoms. The predicted molar refractivity (Wildman–Crippen MR) is 95.9 cm³/mol. The third kappa shape index (κ3) is 4.85. The smallest absolute Gasteiger partial charge is 0.307 e. The standard InChI is InChI=1S/C15H20N2O4S3/c1-9(2)6-11(15(18)19)7-16-24(20,21)14-5-4-13(23-14)12-8-22-10(3)17-12/h4-5,8-9,11,16H,6-7H2,1-3H3,(H,18,19). The molecule has 2 heterocycles. The van der Waals surface area contributed by atoms with Crippen molar-refractivity contribution in [3.05, 3.63) is 22.5 Å². The van der Waals surface area contributed by atoms with Gasteiger partial charge in [-0.05, 0) is 31.4 Å². The number of sulfonamides is 1. The molecule has 1 unspecified atom stereocenters. The molecule has 0 saturated carbocycles. The largest absolute Gasteiger partial charge is 0.481 e. The predicted octanol–water partition coefficient (Wildman–Crippen LogP) is 3.21. The van der Waals surface area contributed by atoms with Crippen molar-refractivity contribution in [2.45, 2.75) is 31.4 Å². The first kappa shape index (κ1) is 19.0. The quantitative estimate of drug-likeness (QED) is 0.724. The minimum atomic E-state index is -3.72. The van der Waals surface area contributed by atoms with Crippen LogP contribution in [0.15, 0.2) is 21.7 Å². The Morgan fingerprint density at radius 1 is 1.38 bits per heavy atom. The molecule has 0 fully saturated rings. The molecule has 9 heteroatoms. The summed E-state index contributed by atoms with van der Waals surface area (Å²) in [6, 6.07) is 3.24. The van der Waals surface area contributed by atoms with Crippen LogP contribution in [-0.2, 0) is 14.8 Å². The van der Waals surface area contributed by atoms with Gasteiger partial charge in [0.15, 0.2) is 0 Å². The van der Waals surface area contributed by atoms with Crippen molar-refractivity contribution in [3.8, 4) is 10.6 Å². The number of aryl methyl sites for hydroxylation is 1. The second-order valence-corrected chi connectivity index (χ2v) is 10.0. The summed E-state index contributed by atoms with van der Waals surface area (Å²) in [5, 5.41) is 12.0. The number of hydrogen-bond donors (Lipinski definition) is 2. The van der Waals surface area contributed by atoms with Crippen molar-refractivity contribution in [1.82, 2.24) is 9.71 Å². The molecule has 2 aromatic heterocycles. The number of thiazole rings is 1. The van der Waals surface area contributed by atoms with Crippen LogP contribution in [0.25, 0.3) is 10.6 Å². The molecule has 2 rings (SSSR count). The summed E-state index contributed by atoms with van der Waals surface area (Å²) < 4.78 is 27.3. The fourth-order valence-corrected chi connectivity index (χ4v) is 5.28. The minimum Gasteiger partial charge on any atom is -0.481 e. The second-order valence-electron chi connectivity index (χ2n) is 5.89. The lowest BCUT2D eigenvalue weighted by molar-refractivity contribution is -0.142. The zero-order chi connectivity index (χ0) is 17.9. The van der Waals surface area contributed by atoms with Crippen LogP contribution in [0.1, 0.15) is 25.3 Å². The number of thiophene rings is 1.